The summed E-state index contributed by atoms with van der Waals surface area (Å²) in [5.74, 6) is 0.268. The molecule has 0 fully saturated rings. The fraction of sp³-hybridized carbons (Fsp3) is 0.471. The Hall–Kier alpha value is -1.77. The van der Waals surface area contributed by atoms with E-state index >= 15 is 0 Å². The van der Waals surface area contributed by atoms with Crippen LogP contribution in [0.4, 0.5) is 0 Å². The highest BCUT2D eigenvalue weighted by molar-refractivity contribution is 5.71. The summed E-state index contributed by atoms with van der Waals surface area (Å²) in [5.41, 5.74) is 3.88. The zero-order chi connectivity index (χ0) is 14.9. The van der Waals surface area contributed by atoms with Gasteiger partial charge >= 0.3 is 0 Å². The Kier molecular flexibility index (Phi) is 3.89. The zero-order valence-corrected chi connectivity index (χ0v) is 13.1. The smallest absolute Gasteiger partial charge is 0.218 e. The van der Waals surface area contributed by atoms with E-state index in [9.17, 15) is 5.11 Å². The first kappa shape index (κ1) is 14.6. The number of aryl methyl sites for hydroxylation is 2. The molecule has 0 bridgehead atoms. The van der Waals surface area contributed by atoms with Crippen molar-refractivity contribution in [1.82, 2.24) is 9.78 Å². The fourth-order valence-electron chi connectivity index (χ4n) is 2.35. The van der Waals surface area contributed by atoms with E-state index in [0.717, 1.165) is 29.7 Å². The third-order valence-corrected chi connectivity index (χ3v) is 3.40. The highest BCUT2D eigenvalue weighted by Crippen LogP contribution is 2.36. The Bertz CT molecular complexity index is 589. The summed E-state index contributed by atoms with van der Waals surface area (Å²) in [6, 6.07) is 8.24. The molecule has 0 atom stereocenters. The Morgan fingerprint density at radius 1 is 1.15 bits per heavy atom. The Morgan fingerprint density at radius 3 is 2.25 bits per heavy atom. The first-order chi connectivity index (χ1) is 9.34. The van der Waals surface area contributed by atoms with Gasteiger partial charge in [-0.1, -0.05) is 43.2 Å². The van der Waals surface area contributed by atoms with Gasteiger partial charge in [0.15, 0.2) is 0 Å². The second-order valence-corrected chi connectivity index (χ2v) is 6.34. The Morgan fingerprint density at radius 2 is 1.75 bits per heavy atom. The molecule has 1 N–H and O–H groups in total. The fourth-order valence-corrected chi connectivity index (χ4v) is 2.35. The molecule has 0 amide bonds. The normalized spacial score (nSPS) is 11.8. The molecule has 0 radical (unpaired) electrons. The maximum absolute atomic E-state index is 10.6. The van der Waals surface area contributed by atoms with Crippen LogP contribution in [0.2, 0.25) is 0 Å². The van der Waals surface area contributed by atoms with E-state index in [1.807, 2.05) is 20.8 Å². The second-order valence-electron chi connectivity index (χ2n) is 6.34. The lowest BCUT2D eigenvalue weighted by Crippen LogP contribution is -2.22. The van der Waals surface area contributed by atoms with Crippen molar-refractivity contribution in [1.29, 1.82) is 0 Å². The summed E-state index contributed by atoms with van der Waals surface area (Å²) < 4.78 is 1.73. The number of aromatic nitrogens is 2. The molecule has 1 aromatic carbocycles. The Labute approximate surface area is 121 Å². The van der Waals surface area contributed by atoms with Gasteiger partial charge in [0.05, 0.1) is 16.8 Å². The van der Waals surface area contributed by atoms with Crippen molar-refractivity contribution in [3.8, 4) is 17.0 Å². The van der Waals surface area contributed by atoms with E-state index < -0.39 is 0 Å². The molecule has 108 valence electrons. The van der Waals surface area contributed by atoms with Crippen LogP contribution in [0.1, 0.15) is 45.4 Å². The molecule has 1 aromatic heterocycles. The topological polar surface area (TPSA) is 38.0 Å². The monoisotopic (exact) mass is 272 g/mol. The molecule has 0 saturated carbocycles. The molecule has 20 heavy (non-hydrogen) atoms. The van der Waals surface area contributed by atoms with Crippen LogP contribution in [-0.2, 0) is 12.0 Å². The van der Waals surface area contributed by atoms with Crippen LogP contribution in [0.25, 0.3) is 11.1 Å². The van der Waals surface area contributed by atoms with Crippen LogP contribution in [0.5, 0.6) is 5.88 Å². The molecular formula is C17H24N2O. The van der Waals surface area contributed by atoms with Crippen molar-refractivity contribution < 1.29 is 5.11 Å². The van der Waals surface area contributed by atoms with Crippen LogP contribution >= 0.6 is 0 Å². The van der Waals surface area contributed by atoms with E-state index in [0.29, 0.717) is 0 Å². The first-order valence-electron chi connectivity index (χ1n) is 7.23. The average molecular weight is 272 g/mol. The maximum Gasteiger partial charge on any atom is 0.218 e. The summed E-state index contributed by atoms with van der Waals surface area (Å²) in [7, 11) is 0. The lowest BCUT2D eigenvalue weighted by Gasteiger charge is -2.20. The molecule has 0 saturated heterocycles. The number of aromatic hydroxyl groups is 1. The van der Waals surface area contributed by atoms with Crippen LogP contribution in [0.15, 0.2) is 24.3 Å². The molecule has 3 nitrogen and oxygen atoms in total. The summed E-state index contributed by atoms with van der Waals surface area (Å²) >= 11 is 0. The van der Waals surface area contributed by atoms with Gasteiger partial charge in [0.1, 0.15) is 0 Å². The summed E-state index contributed by atoms with van der Waals surface area (Å²) in [6.07, 6.45) is 1.89. The van der Waals surface area contributed by atoms with E-state index in [4.69, 9.17) is 0 Å². The van der Waals surface area contributed by atoms with Crippen molar-refractivity contribution in [2.75, 3.05) is 0 Å². The van der Waals surface area contributed by atoms with Crippen LogP contribution in [-0.4, -0.2) is 14.9 Å². The van der Waals surface area contributed by atoms with Gasteiger partial charge < -0.3 is 5.11 Å². The van der Waals surface area contributed by atoms with Gasteiger partial charge in [-0.15, -0.1) is 0 Å². The average Bonchev–Trinajstić information content (AvgIpc) is 2.68. The predicted molar refractivity (Wildman–Crippen MR) is 83.1 cm³/mol. The molecule has 0 unspecified atom stereocenters. The second kappa shape index (κ2) is 5.31. The van der Waals surface area contributed by atoms with Gasteiger partial charge in [-0.25, -0.2) is 4.68 Å². The van der Waals surface area contributed by atoms with Crippen LogP contribution in [0.3, 0.4) is 0 Å². The van der Waals surface area contributed by atoms with Gasteiger partial charge in [0, 0.05) is 0 Å². The van der Waals surface area contributed by atoms with E-state index in [1.165, 1.54) is 5.56 Å². The van der Waals surface area contributed by atoms with Gasteiger partial charge in [-0.2, -0.15) is 5.10 Å². The molecular weight excluding hydrogens is 248 g/mol. The highest BCUT2D eigenvalue weighted by Gasteiger charge is 2.25. The van der Waals surface area contributed by atoms with Gasteiger partial charge in [-0.3, -0.25) is 0 Å². The minimum Gasteiger partial charge on any atom is -0.493 e. The summed E-state index contributed by atoms with van der Waals surface area (Å²) in [4.78, 5) is 0. The summed E-state index contributed by atoms with van der Waals surface area (Å²) in [5, 5.41) is 15.2. The molecule has 2 rings (SSSR count). The molecule has 0 spiro atoms. The molecule has 3 heteroatoms. The van der Waals surface area contributed by atoms with Gasteiger partial charge in [0.2, 0.25) is 5.88 Å². The third-order valence-electron chi connectivity index (χ3n) is 3.40. The Balaban J connectivity index is 2.61. The van der Waals surface area contributed by atoms with E-state index in [-0.39, 0.29) is 11.4 Å². The molecule has 0 aliphatic rings. The number of hydrogen-bond acceptors (Lipinski definition) is 2. The first-order valence-corrected chi connectivity index (χ1v) is 7.23. The molecule has 2 aromatic rings. The van der Waals surface area contributed by atoms with E-state index in [2.05, 4.69) is 43.2 Å². The van der Waals surface area contributed by atoms with Gasteiger partial charge in [-0.05, 0) is 39.7 Å². The minimum atomic E-state index is -0.227. The quantitative estimate of drug-likeness (QED) is 0.906. The maximum atomic E-state index is 10.6. The standard InChI is InChI=1S/C17H24N2O/c1-6-7-14-15(13-10-8-12(2)9-11-13)16(20)19(18-14)17(3,4)5/h8-11,20H,6-7H2,1-5H3. The summed E-state index contributed by atoms with van der Waals surface area (Å²) in [6.45, 7) is 10.3. The van der Waals surface area contributed by atoms with Crippen molar-refractivity contribution in [2.24, 2.45) is 0 Å². The lowest BCUT2D eigenvalue weighted by atomic mass is 10.0. The number of benzene rings is 1. The molecule has 0 aliphatic carbocycles. The number of hydrogen-bond donors (Lipinski definition) is 1. The van der Waals surface area contributed by atoms with Crippen molar-refractivity contribution in [3.63, 3.8) is 0 Å². The van der Waals surface area contributed by atoms with Crippen molar-refractivity contribution in [2.45, 2.75) is 53.0 Å². The minimum absolute atomic E-state index is 0.227. The van der Waals surface area contributed by atoms with Crippen molar-refractivity contribution >= 4 is 0 Å². The lowest BCUT2D eigenvalue weighted by molar-refractivity contribution is 0.294. The van der Waals surface area contributed by atoms with Crippen molar-refractivity contribution in [3.05, 3.63) is 35.5 Å². The zero-order valence-electron chi connectivity index (χ0n) is 13.1. The number of nitrogens with zero attached hydrogens (tertiary/aromatic N) is 2. The van der Waals surface area contributed by atoms with Crippen LogP contribution < -0.4 is 0 Å². The van der Waals surface area contributed by atoms with Crippen LogP contribution in [0, 0.1) is 6.92 Å². The predicted octanol–water partition coefficient (Wildman–Crippen LogP) is 4.27. The highest BCUT2D eigenvalue weighted by atomic mass is 16.3. The van der Waals surface area contributed by atoms with Gasteiger partial charge in [0.25, 0.3) is 0 Å². The largest absolute Gasteiger partial charge is 0.493 e. The molecule has 1 heterocycles. The van der Waals surface area contributed by atoms with E-state index in [1.54, 1.807) is 4.68 Å². The SMILES string of the molecule is CCCc1nn(C(C)(C)C)c(O)c1-c1ccc(C)cc1. The third kappa shape index (κ3) is 2.72. The number of rotatable bonds is 3. The molecule has 0 aliphatic heterocycles.